The minimum atomic E-state index is -0.731. The third-order valence-corrected chi connectivity index (χ3v) is 6.12. The lowest BCUT2D eigenvalue weighted by molar-refractivity contribution is 0.0256. The lowest BCUT2D eigenvalue weighted by Gasteiger charge is -2.41. The van der Waals surface area contributed by atoms with Crippen molar-refractivity contribution in [2.45, 2.75) is 32.4 Å². The Labute approximate surface area is 204 Å². The number of urea groups is 1. The van der Waals surface area contributed by atoms with E-state index < -0.39 is 35.6 Å². The van der Waals surface area contributed by atoms with Crippen molar-refractivity contribution < 1.29 is 22.7 Å². The number of carbonyl (C=O) groups is 1. The summed E-state index contributed by atoms with van der Waals surface area (Å²) in [6, 6.07) is 5.49. The van der Waals surface area contributed by atoms with Crippen LogP contribution in [0.25, 0.3) is 5.82 Å². The van der Waals surface area contributed by atoms with E-state index in [-0.39, 0.29) is 24.5 Å². The van der Waals surface area contributed by atoms with Crippen LogP contribution in [0.3, 0.4) is 0 Å². The highest BCUT2D eigenvalue weighted by Crippen LogP contribution is 2.32. The molecule has 184 valence electrons. The summed E-state index contributed by atoms with van der Waals surface area (Å²) >= 11 is 0. The number of aryl methyl sites for hydroxylation is 1. The fraction of sp³-hybridized carbons (Fsp3) is 0.292. The van der Waals surface area contributed by atoms with E-state index in [1.807, 2.05) is 6.07 Å². The molecule has 1 aromatic carbocycles. The maximum atomic E-state index is 14.5. The molecule has 2 aromatic heterocycles. The van der Waals surface area contributed by atoms with Crippen LogP contribution in [0.15, 0.2) is 35.6 Å². The summed E-state index contributed by atoms with van der Waals surface area (Å²) in [5, 5.41) is 14.5. The van der Waals surface area contributed by atoms with Gasteiger partial charge in [0.15, 0.2) is 17.3 Å². The van der Waals surface area contributed by atoms with Crippen LogP contribution in [0.1, 0.15) is 35.2 Å². The van der Waals surface area contributed by atoms with Gasteiger partial charge in [0.25, 0.3) is 0 Å². The first-order chi connectivity index (χ1) is 17.2. The molecule has 0 aliphatic carbocycles. The van der Waals surface area contributed by atoms with Gasteiger partial charge in [-0.1, -0.05) is 0 Å². The Kier molecular flexibility index (Phi) is 5.83. The Morgan fingerprint density at radius 2 is 1.86 bits per heavy atom. The molecule has 36 heavy (non-hydrogen) atoms. The van der Waals surface area contributed by atoms with Gasteiger partial charge in [0, 0.05) is 24.8 Å². The predicted molar refractivity (Wildman–Crippen MR) is 121 cm³/mol. The van der Waals surface area contributed by atoms with Crippen molar-refractivity contribution >= 4 is 12.2 Å². The second kappa shape index (κ2) is 8.99. The highest BCUT2D eigenvalue weighted by atomic mass is 19.1. The molecule has 2 aliphatic rings. The van der Waals surface area contributed by atoms with E-state index in [0.717, 1.165) is 12.3 Å². The van der Waals surface area contributed by atoms with Crippen LogP contribution in [0, 0.1) is 42.6 Å². The van der Waals surface area contributed by atoms with E-state index in [4.69, 9.17) is 4.74 Å². The molecular formula is C24H20F3N7O2. The maximum absolute atomic E-state index is 14.5. The first-order valence-corrected chi connectivity index (χ1v) is 11.1. The van der Waals surface area contributed by atoms with Crippen molar-refractivity contribution in [3.8, 4) is 17.6 Å². The Balaban J connectivity index is 1.26. The SMILES string of the molecule is Cc1nc(C#N)c(C)n1-c1cc(OC2CN(C(=O)N3N=CCC3c3cc(F)cc(F)c3)C2)c(F)cn1. The van der Waals surface area contributed by atoms with Gasteiger partial charge in [-0.3, -0.25) is 4.57 Å². The molecule has 0 saturated carbocycles. The van der Waals surface area contributed by atoms with Crippen molar-refractivity contribution in [3.05, 3.63) is 70.7 Å². The highest BCUT2D eigenvalue weighted by molar-refractivity contribution is 5.79. The number of nitriles is 1. The average Bonchev–Trinajstić information content (AvgIpc) is 3.40. The molecule has 9 nitrogen and oxygen atoms in total. The zero-order valence-corrected chi connectivity index (χ0v) is 19.3. The Hall–Kier alpha value is -4.40. The molecule has 1 fully saturated rings. The van der Waals surface area contributed by atoms with Crippen molar-refractivity contribution in [2.75, 3.05) is 13.1 Å². The highest BCUT2D eigenvalue weighted by Gasteiger charge is 2.39. The number of benzene rings is 1. The van der Waals surface area contributed by atoms with E-state index in [9.17, 15) is 23.2 Å². The number of hydrogen-bond acceptors (Lipinski definition) is 6. The lowest BCUT2D eigenvalue weighted by Crippen LogP contribution is -2.58. The Bertz CT molecular complexity index is 1410. The quantitative estimate of drug-likeness (QED) is 0.549. The largest absolute Gasteiger partial charge is 0.483 e. The normalized spacial score (nSPS) is 17.3. The number of carbonyl (C=O) groups excluding carboxylic acids is 1. The summed E-state index contributed by atoms with van der Waals surface area (Å²) in [5.41, 5.74) is 1.13. The van der Waals surface area contributed by atoms with Gasteiger partial charge in [0.2, 0.25) is 0 Å². The molecule has 1 atom stereocenters. The van der Waals surface area contributed by atoms with Gasteiger partial charge in [0.05, 0.1) is 31.0 Å². The number of aromatic nitrogens is 3. The van der Waals surface area contributed by atoms with Crippen LogP contribution in [-0.4, -0.2) is 55.9 Å². The van der Waals surface area contributed by atoms with Crippen LogP contribution in [0.2, 0.25) is 0 Å². The van der Waals surface area contributed by atoms with Crippen LogP contribution in [0.4, 0.5) is 18.0 Å². The van der Waals surface area contributed by atoms with Crippen molar-refractivity contribution in [1.29, 1.82) is 5.26 Å². The second-order valence-electron chi connectivity index (χ2n) is 8.54. The smallest absolute Gasteiger partial charge is 0.341 e. The number of imidazole rings is 1. The minimum Gasteiger partial charge on any atom is -0.483 e. The molecule has 1 unspecified atom stereocenters. The van der Waals surface area contributed by atoms with Crippen LogP contribution in [-0.2, 0) is 0 Å². The number of rotatable bonds is 4. The molecule has 1 saturated heterocycles. The van der Waals surface area contributed by atoms with Gasteiger partial charge in [-0.25, -0.2) is 32.9 Å². The number of hydrazone groups is 1. The van der Waals surface area contributed by atoms with Gasteiger partial charge < -0.3 is 9.64 Å². The van der Waals surface area contributed by atoms with Crippen LogP contribution < -0.4 is 4.74 Å². The molecule has 4 heterocycles. The molecule has 3 aromatic rings. The minimum absolute atomic E-state index is 0.0459. The monoisotopic (exact) mass is 495 g/mol. The Morgan fingerprint density at radius 1 is 1.14 bits per heavy atom. The molecule has 0 radical (unpaired) electrons. The van der Waals surface area contributed by atoms with Crippen LogP contribution >= 0.6 is 0 Å². The van der Waals surface area contributed by atoms with Crippen molar-refractivity contribution in [2.24, 2.45) is 5.10 Å². The molecule has 0 spiro atoms. The maximum Gasteiger partial charge on any atom is 0.341 e. The van der Waals surface area contributed by atoms with Gasteiger partial charge in [-0.15, -0.1) is 0 Å². The summed E-state index contributed by atoms with van der Waals surface area (Å²) in [6.45, 7) is 3.77. The van der Waals surface area contributed by atoms with Gasteiger partial charge in [0.1, 0.15) is 35.4 Å². The third kappa shape index (κ3) is 4.13. The molecular weight excluding hydrogens is 475 g/mol. The molecule has 2 aliphatic heterocycles. The van der Waals surface area contributed by atoms with Crippen molar-refractivity contribution in [1.82, 2.24) is 24.4 Å². The third-order valence-electron chi connectivity index (χ3n) is 6.12. The lowest BCUT2D eigenvalue weighted by atomic mass is 10.0. The van der Waals surface area contributed by atoms with E-state index in [0.29, 0.717) is 29.3 Å². The standard InChI is InChI=1S/C24H20F3N7O2/c1-13-20(9-28)31-14(2)33(13)23-8-22(19(27)10-29-23)36-18-11-32(12-18)24(35)34-21(3-4-30-34)15-5-16(25)7-17(26)6-15/h4-8,10,18,21H,3,11-12H2,1-2H3. The molecule has 5 rings (SSSR count). The number of ether oxygens (including phenoxy) is 1. The number of likely N-dealkylation sites (tertiary alicyclic amines) is 1. The summed E-state index contributed by atoms with van der Waals surface area (Å²) in [5.74, 6) is -1.31. The first kappa shape index (κ1) is 23.3. The topological polar surface area (TPSA) is 99.6 Å². The van der Waals surface area contributed by atoms with Gasteiger partial charge in [-0.2, -0.15) is 10.4 Å². The fourth-order valence-electron chi connectivity index (χ4n) is 4.34. The number of amides is 2. The van der Waals surface area contributed by atoms with E-state index in [1.165, 1.54) is 34.3 Å². The molecule has 0 N–H and O–H groups in total. The van der Waals surface area contributed by atoms with Gasteiger partial charge in [-0.05, 0) is 31.5 Å². The zero-order chi connectivity index (χ0) is 25.6. The number of pyridine rings is 1. The number of hydrogen-bond donors (Lipinski definition) is 0. The Morgan fingerprint density at radius 3 is 2.53 bits per heavy atom. The zero-order valence-electron chi connectivity index (χ0n) is 19.3. The molecule has 12 heteroatoms. The summed E-state index contributed by atoms with van der Waals surface area (Å²) in [4.78, 5) is 22.7. The van der Waals surface area contributed by atoms with Gasteiger partial charge >= 0.3 is 6.03 Å². The van der Waals surface area contributed by atoms with E-state index >= 15 is 0 Å². The number of halogens is 3. The predicted octanol–water partition coefficient (Wildman–Crippen LogP) is 3.79. The second-order valence-corrected chi connectivity index (χ2v) is 8.54. The molecule has 2 amide bonds. The summed E-state index contributed by atoms with van der Waals surface area (Å²) < 4.78 is 49.2. The van der Waals surface area contributed by atoms with E-state index in [1.54, 1.807) is 18.4 Å². The number of nitrogens with zero attached hydrogens (tertiary/aromatic N) is 7. The average molecular weight is 495 g/mol. The van der Waals surface area contributed by atoms with Crippen molar-refractivity contribution in [3.63, 3.8) is 0 Å². The summed E-state index contributed by atoms with van der Waals surface area (Å²) in [7, 11) is 0. The first-order valence-electron chi connectivity index (χ1n) is 11.1. The van der Waals surface area contributed by atoms with E-state index in [2.05, 4.69) is 15.1 Å². The summed E-state index contributed by atoms with van der Waals surface area (Å²) in [6.07, 6.45) is 2.40. The molecule has 0 bridgehead atoms. The fourth-order valence-corrected chi connectivity index (χ4v) is 4.34. The van der Waals surface area contributed by atoms with Crippen LogP contribution in [0.5, 0.6) is 5.75 Å².